The minimum Gasteiger partial charge on any atom is -0.469 e. The summed E-state index contributed by atoms with van der Waals surface area (Å²) in [6.45, 7) is 6.28. The molecule has 0 radical (unpaired) electrons. The van der Waals surface area contributed by atoms with Gasteiger partial charge in [-0.05, 0) is 38.1 Å². The molecule has 0 heterocycles. The molecule has 0 aliphatic heterocycles. The van der Waals surface area contributed by atoms with Crippen molar-refractivity contribution in [3.05, 3.63) is 0 Å². The number of carbonyl (C=O) groups is 1. The molecule has 0 spiro atoms. The molecule has 3 nitrogen and oxygen atoms in total. The molecule has 94 valence electrons. The molecule has 16 heavy (non-hydrogen) atoms. The Morgan fingerprint density at radius 3 is 2.56 bits per heavy atom. The molecular formula is C13H25NO2. The molecule has 0 saturated heterocycles. The molecule has 1 rings (SSSR count). The van der Waals surface area contributed by atoms with Gasteiger partial charge in [0.15, 0.2) is 0 Å². The zero-order valence-corrected chi connectivity index (χ0v) is 10.8. The third kappa shape index (κ3) is 3.48. The summed E-state index contributed by atoms with van der Waals surface area (Å²) < 4.78 is 4.87. The van der Waals surface area contributed by atoms with Crippen molar-refractivity contribution in [1.29, 1.82) is 0 Å². The average molecular weight is 227 g/mol. The predicted octanol–water partition coefficient (Wildman–Crippen LogP) is 2.36. The molecule has 3 heteroatoms. The van der Waals surface area contributed by atoms with E-state index in [1.807, 2.05) is 0 Å². The van der Waals surface area contributed by atoms with E-state index in [1.54, 1.807) is 0 Å². The van der Waals surface area contributed by atoms with Crippen molar-refractivity contribution in [3.63, 3.8) is 0 Å². The molecule has 0 atom stereocenters. The SMILES string of the molecule is COC(=O)C1(CNCCCC(C)C)CCC1. The zero-order valence-electron chi connectivity index (χ0n) is 10.8. The van der Waals surface area contributed by atoms with Crippen molar-refractivity contribution in [1.82, 2.24) is 5.32 Å². The van der Waals surface area contributed by atoms with Gasteiger partial charge in [-0.1, -0.05) is 20.3 Å². The lowest BCUT2D eigenvalue weighted by atomic mass is 9.68. The lowest BCUT2D eigenvalue weighted by Gasteiger charge is -2.39. The summed E-state index contributed by atoms with van der Waals surface area (Å²) in [5.74, 6) is 0.732. The van der Waals surface area contributed by atoms with Crippen LogP contribution in [0.2, 0.25) is 0 Å². The van der Waals surface area contributed by atoms with Crippen LogP contribution < -0.4 is 5.32 Å². The second-order valence-corrected chi connectivity index (χ2v) is 5.34. The summed E-state index contributed by atoms with van der Waals surface area (Å²) in [5.41, 5.74) is -0.202. The van der Waals surface area contributed by atoms with E-state index in [1.165, 1.54) is 20.0 Å². The Bertz CT molecular complexity index is 222. The van der Waals surface area contributed by atoms with Gasteiger partial charge in [0.1, 0.15) is 0 Å². The van der Waals surface area contributed by atoms with E-state index in [9.17, 15) is 4.79 Å². The Morgan fingerprint density at radius 1 is 1.44 bits per heavy atom. The van der Waals surface area contributed by atoms with Crippen molar-refractivity contribution in [3.8, 4) is 0 Å². The molecule has 0 bridgehead atoms. The number of rotatable bonds is 7. The normalized spacial score (nSPS) is 18.2. The highest BCUT2D eigenvalue weighted by molar-refractivity contribution is 5.78. The lowest BCUT2D eigenvalue weighted by molar-refractivity contribution is -0.158. The van der Waals surface area contributed by atoms with Gasteiger partial charge in [0.25, 0.3) is 0 Å². The molecule has 0 aromatic rings. The van der Waals surface area contributed by atoms with Crippen LogP contribution in [0, 0.1) is 11.3 Å². The van der Waals surface area contributed by atoms with Gasteiger partial charge in [-0.25, -0.2) is 0 Å². The first-order valence-corrected chi connectivity index (χ1v) is 6.40. The third-order valence-corrected chi connectivity index (χ3v) is 3.53. The Morgan fingerprint density at radius 2 is 2.12 bits per heavy atom. The van der Waals surface area contributed by atoms with Crippen LogP contribution in [0.3, 0.4) is 0 Å². The third-order valence-electron chi connectivity index (χ3n) is 3.53. The number of hydrogen-bond acceptors (Lipinski definition) is 3. The highest BCUT2D eigenvalue weighted by atomic mass is 16.5. The van der Waals surface area contributed by atoms with Crippen molar-refractivity contribution in [2.24, 2.45) is 11.3 Å². The van der Waals surface area contributed by atoms with Crippen LogP contribution in [0.5, 0.6) is 0 Å². The van der Waals surface area contributed by atoms with Gasteiger partial charge >= 0.3 is 5.97 Å². The molecule has 1 N–H and O–H groups in total. The predicted molar refractivity (Wildman–Crippen MR) is 65.2 cm³/mol. The minimum atomic E-state index is -0.202. The highest BCUT2D eigenvalue weighted by Gasteiger charge is 2.44. The van der Waals surface area contributed by atoms with Crippen molar-refractivity contribution < 1.29 is 9.53 Å². The topological polar surface area (TPSA) is 38.3 Å². The molecule has 1 saturated carbocycles. The Hall–Kier alpha value is -0.570. The van der Waals surface area contributed by atoms with E-state index in [0.717, 1.165) is 38.3 Å². The van der Waals surface area contributed by atoms with Crippen LogP contribution >= 0.6 is 0 Å². The van der Waals surface area contributed by atoms with Gasteiger partial charge in [-0.15, -0.1) is 0 Å². The molecule has 1 fully saturated rings. The summed E-state index contributed by atoms with van der Waals surface area (Å²) in [7, 11) is 1.49. The van der Waals surface area contributed by atoms with Gasteiger partial charge in [0, 0.05) is 6.54 Å². The number of ether oxygens (including phenoxy) is 1. The Labute approximate surface area is 98.9 Å². The summed E-state index contributed by atoms with van der Waals surface area (Å²) in [6.07, 6.45) is 5.56. The lowest BCUT2D eigenvalue weighted by Crippen LogP contribution is -2.47. The number of hydrogen-bond donors (Lipinski definition) is 1. The van der Waals surface area contributed by atoms with Gasteiger partial charge < -0.3 is 10.1 Å². The quantitative estimate of drug-likeness (QED) is 0.536. The first-order chi connectivity index (χ1) is 7.60. The van der Waals surface area contributed by atoms with Crippen LogP contribution in [0.4, 0.5) is 0 Å². The monoisotopic (exact) mass is 227 g/mol. The van der Waals surface area contributed by atoms with E-state index >= 15 is 0 Å². The maximum Gasteiger partial charge on any atom is 0.313 e. The van der Waals surface area contributed by atoms with Crippen LogP contribution in [-0.2, 0) is 9.53 Å². The fraction of sp³-hybridized carbons (Fsp3) is 0.923. The number of carbonyl (C=O) groups excluding carboxylic acids is 1. The molecule has 0 aromatic heterocycles. The largest absolute Gasteiger partial charge is 0.469 e. The van der Waals surface area contributed by atoms with E-state index < -0.39 is 0 Å². The van der Waals surface area contributed by atoms with Gasteiger partial charge in [0.2, 0.25) is 0 Å². The van der Waals surface area contributed by atoms with Crippen LogP contribution in [0.25, 0.3) is 0 Å². The fourth-order valence-corrected chi connectivity index (χ4v) is 2.24. The first kappa shape index (κ1) is 13.5. The molecule has 0 unspecified atom stereocenters. The van der Waals surface area contributed by atoms with Gasteiger partial charge in [-0.2, -0.15) is 0 Å². The van der Waals surface area contributed by atoms with Crippen LogP contribution in [-0.4, -0.2) is 26.2 Å². The standard InChI is InChI=1S/C13H25NO2/c1-11(2)6-4-9-14-10-13(7-5-8-13)12(15)16-3/h11,14H,4-10H2,1-3H3. The van der Waals surface area contributed by atoms with E-state index in [4.69, 9.17) is 4.74 Å². The maximum absolute atomic E-state index is 11.6. The second-order valence-electron chi connectivity index (χ2n) is 5.34. The first-order valence-electron chi connectivity index (χ1n) is 6.40. The molecular weight excluding hydrogens is 202 g/mol. The van der Waals surface area contributed by atoms with E-state index in [-0.39, 0.29) is 11.4 Å². The van der Waals surface area contributed by atoms with E-state index in [0.29, 0.717) is 0 Å². The zero-order chi connectivity index (χ0) is 12.0. The number of methoxy groups -OCH3 is 1. The number of esters is 1. The van der Waals surface area contributed by atoms with Gasteiger partial charge in [-0.3, -0.25) is 4.79 Å². The van der Waals surface area contributed by atoms with Crippen LogP contribution in [0.1, 0.15) is 46.0 Å². The molecule has 0 aromatic carbocycles. The van der Waals surface area contributed by atoms with E-state index in [2.05, 4.69) is 19.2 Å². The van der Waals surface area contributed by atoms with Crippen LogP contribution in [0.15, 0.2) is 0 Å². The Kier molecular flexibility index (Phi) is 5.26. The second kappa shape index (κ2) is 6.24. The number of nitrogens with one attached hydrogen (secondary N) is 1. The minimum absolute atomic E-state index is 0.0323. The highest BCUT2D eigenvalue weighted by Crippen LogP contribution is 2.41. The molecule has 1 aliphatic rings. The summed E-state index contributed by atoms with van der Waals surface area (Å²) in [6, 6.07) is 0. The molecule has 1 aliphatic carbocycles. The summed E-state index contributed by atoms with van der Waals surface area (Å²) in [5, 5.41) is 3.40. The smallest absolute Gasteiger partial charge is 0.313 e. The van der Waals surface area contributed by atoms with Crippen molar-refractivity contribution in [2.45, 2.75) is 46.0 Å². The van der Waals surface area contributed by atoms with Crippen molar-refractivity contribution >= 4 is 5.97 Å². The maximum atomic E-state index is 11.6. The average Bonchev–Trinajstić information content (AvgIpc) is 2.19. The Balaban J connectivity index is 2.17. The summed E-state index contributed by atoms with van der Waals surface area (Å²) >= 11 is 0. The summed E-state index contributed by atoms with van der Waals surface area (Å²) in [4.78, 5) is 11.6. The molecule has 0 amide bonds. The van der Waals surface area contributed by atoms with Crippen molar-refractivity contribution in [2.75, 3.05) is 20.2 Å². The fourth-order valence-electron chi connectivity index (χ4n) is 2.24. The van der Waals surface area contributed by atoms with Gasteiger partial charge in [0.05, 0.1) is 12.5 Å².